The molecule has 0 aromatic heterocycles. The Morgan fingerprint density at radius 2 is 1.89 bits per heavy atom. The van der Waals surface area contributed by atoms with Crippen molar-refractivity contribution in [2.45, 2.75) is 6.92 Å². The first-order valence-electron chi connectivity index (χ1n) is 2.48. The van der Waals surface area contributed by atoms with E-state index < -0.39 is 14.6 Å². The van der Waals surface area contributed by atoms with Crippen molar-refractivity contribution in [1.29, 1.82) is 0 Å². The summed E-state index contributed by atoms with van der Waals surface area (Å²) in [6.07, 6.45) is 0. The molecule has 3 N–H and O–H groups in total. The highest BCUT2D eigenvalue weighted by atomic mass is 16.7. The summed E-state index contributed by atoms with van der Waals surface area (Å²) in [5.74, 6) is 0. The molecule has 0 heterocycles. The largest absolute Gasteiger partial charge is 0.624 e. The van der Waals surface area contributed by atoms with Crippen LogP contribution in [0.1, 0.15) is 6.92 Å². The van der Waals surface area contributed by atoms with Crippen molar-refractivity contribution < 1.29 is 24.3 Å². The molecule has 0 bridgehead atoms. The van der Waals surface area contributed by atoms with Crippen LogP contribution in [0.2, 0.25) is 0 Å². The molecule has 0 atom stereocenters. The van der Waals surface area contributed by atoms with Crippen molar-refractivity contribution in [1.82, 2.24) is 0 Å². The minimum Gasteiger partial charge on any atom is -0.402 e. The third-order valence-corrected chi connectivity index (χ3v) is 0.547. The molecule has 5 nitrogen and oxygen atoms in total. The standard InChI is InChI=1S/C2H8B2O5/c1-2-8-4(7)9-3(5)6/h5-7H,2H2,1H3. The van der Waals surface area contributed by atoms with E-state index in [4.69, 9.17) is 15.1 Å². The highest BCUT2D eigenvalue weighted by Gasteiger charge is 2.22. The molecule has 0 fully saturated rings. The van der Waals surface area contributed by atoms with Gasteiger partial charge in [0.15, 0.2) is 0 Å². The monoisotopic (exact) mass is 134 g/mol. The van der Waals surface area contributed by atoms with Crippen LogP contribution in [0.3, 0.4) is 0 Å². The molecule has 0 rings (SSSR count). The summed E-state index contributed by atoms with van der Waals surface area (Å²) in [6.45, 7) is 1.88. The SMILES string of the molecule is CCOB(O)OB(O)O. The summed E-state index contributed by atoms with van der Waals surface area (Å²) in [5, 5.41) is 24.5. The Morgan fingerprint density at radius 1 is 1.33 bits per heavy atom. The Labute approximate surface area is 53.6 Å². The molecule has 0 amide bonds. The molecule has 0 aliphatic carbocycles. The predicted octanol–water partition coefficient (Wildman–Crippen LogP) is -2.01. The van der Waals surface area contributed by atoms with E-state index in [-0.39, 0.29) is 6.61 Å². The van der Waals surface area contributed by atoms with Crippen molar-refractivity contribution in [3.8, 4) is 0 Å². The highest BCUT2D eigenvalue weighted by molar-refractivity contribution is 6.49. The minimum absolute atomic E-state index is 0.244. The molecule has 0 aromatic carbocycles. The van der Waals surface area contributed by atoms with Crippen LogP contribution >= 0.6 is 0 Å². The van der Waals surface area contributed by atoms with E-state index in [1.165, 1.54) is 0 Å². The Balaban J connectivity index is 3.15. The number of hydrogen-bond donors (Lipinski definition) is 3. The van der Waals surface area contributed by atoms with Gasteiger partial charge in [0.1, 0.15) is 0 Å². The fourth-order valence-corrected chi connectivity index (χ4v) is 0.286. The van der Waals surface area contributed by atoms with Gasteiger partial charge in [-0.3, -0.25) is 0 Å². The van der Waals surface area contributed by atoms with Gasteiger partial charge in [0.05, 0.1) is 0 Å². The van der Waals surface area contributed by atoms with E-state index in [1.54, 1.807) is 6.92 Å². The van der Waals surface area contributed by atoms with Gasteiger partial charge in [-0.1, -0.05) is 0 Å². The van der Waals surface area contributed by atoms with E-state index in [2.05, 4.69) is 9.23 Å². The van der Waals surface area contributed by atoms with Crippen LogP contribution in [0, 0.1) is 0 Å². The normalized spacial score (nSPS) is 9.33. The van der Waals surface area contributed by atoms with Crippen molar-refractivity contribution >= 4 is 14.6 Å². The van der Waals surface area contributed by atoms with Crippen LogP contribution in [0.4, 0.5) is 0 Å². The first-order chi connectivity index (χ1) is 4.16. The molecule has 0 spiro atoms. The lowest BCUT2D eigenvalue weighted by Crippen LogP contribution is -2.31. The second-order valence-electron chi connectivity index (χ2n) is 1.22. The van der Waals surface area contributed by atoms with Gasteiger partial charge in [0, 0.05) is 6.61 Å². The smallest absolute Gasteiger partial charge is 0.402 e. The fourth-order valence-electron chi connectivity index (χ4n) is 0.286. The molecule has 0 radical (unpaired) electrons. The third-order valence-electron chi connectivity index (χ3n) is 0.547. The molecule has 0 aliphatic heterocycles. The third kappa shape index (κ3) is 5.81. The Hall–Kier alpha value is -0.0701. The average Bonchev–Trinajstić information content (AvgIpc) is 1.63. The van der Waals surface area contributed by atoms with Crippen LogP contribution in [0.15, 0.2) is 0 Å². The summed E-state index contributed by atoms with van der Waals surface area (Å²) >= 11 is 0. The van der Waals surface area contributed by atoms with Crippen molar-refractivity contribution in [3.63, 3.8) is 0 Å². The van der Waals surface area contributed by atoms with E-state index in [1.807, 2.05) is 0 Å². The zero-order valence-corrected chi connectivity index (χ0v) is 5.02. The molecule has 9 heavy (non-hydrogen) atoms. The first kappa shape index (κ1) is 8.93. The lowest BCUT2D eigenvalue weighted by Gasteiger charge is -2.04. The van der Waals surface area contributed by atoms with Gasteiger partial charge in [-0.2, -0.15) is 0 Å². The van der Waals surface area contributed by atoms with Crippen LogP contribution in [-0.2, 0) is 9.23 Å². The van der Waals surface area contributed by atoms with E-state index >= 15 is 0 Å². The predicted molar refractivity (Wildman–Crippen MR) is 30.9 cm³/mol. The zero-order valence-electron chi connectivity index (χ0n) is 5.02. The number of rotatable bonds is 4. The second kappa shape index (κ2) is 4.78. The number of hydrogen-bond acceptors (Lipinski definition) is 5. The summed E-state index contributed by atoms with van der Waals surface area (Å²) < 4.78 is 8.30. The highest BCUT2D eigenvalue weighted by Crippen LogP contribution is 1.83. The maximum Gasteiger partial charge on any atom is 0.624 e. The van der Waals surface area contributed by atoms with E-state index in [0.717, 1.165) is 0 Å². The van der Waals surface area contributed by atoms with Crippen LogP contribution in [0.5, 0.6) is 0 Å². The molecule has 0 saturated carbocycles. The van der Waals surface area contributed by atoms with Crippen LogP contribution in [-0.4, -0.2) is 36.3 Å². The van der Waals surface area contributed by atoms with Gasteiger partial charge in [0.2, 0.25) is 0 Å². The fraction of sp³-hybridized carbons (Fsp3) is 1.00. The minimum atomic E-state index is -1.99. The second-order valence-corrected chi connectivity index (χ2v) is 1.22. The van der Waals surface area contributed by atoms with E-state index in [9.17, 15) is 0 Å². The molecule has 52 valence electrons. The molecule has 0 aromatic rings. The Morgan fingerprint density at radius 3 is 2.22 bits per heavy atom. The molecule has 0 aliphatic rings. The summed E-state index contributed by atoms with van der Waals surface area (Å²) in [4.78, 5) is 0. The average molecular weight is 134 g/mol. The summed E-state index contributed by atoms with van der Waals surface area (Å²) in [7, 11) is -3.55. The summed E-state index contributed by atoms with van der Waals surface area (Å²) in [6, 6.07) is 0. The Bertz CT molecular complexity index is 68.0. The van der Waals surface area contributed by atoms with Crippen molar-refractivity contribution in [2.24, 2.45) is 0 Å². The van der Waals surface area contributed by atoms with Gasteiger partial charge < -0.3 is 24.3 Å². The Kier molecular flexibility index (Phi) is 4.74. The quantitative estimate of drug-likeness (QED) is 0.387. The zero-order chi connectivity index (χ0) is 7.28. The maximum absolute atomic E-state index is 8.46. The maximum atomic E-state index is 8.46. The van der Waals surface area contributed by atoms with E-state index in [0.29, 0.717) is 0 Å². The van der Waals surface area contributed by atoms with Gasteiger partial charge in [-0.15, -0.1) is 0 Å². The van der Waals surface area contributed by atoms with Crippen molar-refractivity contribution in [3.05, 3.63) is 0 Å². The lowest BCUT2D eigenvalue weighted by atomic mass is 10.1. The first-order valence-corrected chi connectivity index (χ1v) is 2.48. The lowest BCUT2D eigenvalue weighted by molar-refractivity contribution is 0.167. The molecular weight excluding hydrogens is 126 g/mol. The molecular formula is C2H8B2O5. The van der Waals surface area contributed by atoms with Gasteiger partial charge in [-0.25, -0.2) is 0 Å². The van der Waals surface area contributed by atoms with Gasteiger partial charge in [0.25, 0.3) is 0 Å². The summed E-state index contributed by atoms with van der Waals surface area (Å²) in [5.41, 5.74) is 0. The van der Waals surface area contributed by atoms with Crippen molar-refractivity contribution in [2.75, 3.05) is 6.61 Å². The topological polar surface area (TPSA) is 79.2 Å². The molecule has 7 heteroatoms. The molecule has 0 saturated heterocycles. The van der Waals surface area contributed by atoms with Gasteiger partial charge >= 0.3 is 14.6 Å². The van der Waals surface area contributed by atoms with Crippen LogP contribution < -0.4 is 0 Å². The van der Waals surface area contributed by atoms with Crippen LogP contribution in [0.25, 0.3) is 0 Å². The van der Waals surface area contributed by atoms with Gasteiger partial charge in [-0.05, 0) is 6.92 Å². The molecule has 0 unspecified atom stereocenters.